The molecule has 0 fully saturated rings. The van der Waals surface area contributed by atoms with Gasteiger partial charge in [-0.05, 0) is 62.2 Å². The Morgan fingerprint density at radius 1 is 0.750 bits per heavy atom. The summed E-state index contributed by atoms with van der Waals surface area (Å²) in [4.78, 5) is 2.00. The molecule has 0 radical (unpaired) electrons. The zero-order valence-corrected chi connectivity index (χ0v) is 15.0. The Labute approximate surface area is 113 Å². The van der Waals surface area contributed by atoms with Crippen molar-refractivity contribution in [2.45, 2.75) is 13.8 Å². The quantitative estimate of drug-likeness (QED) is 0.593. The fourth-order valence-electron chi connectivity index (χ4n) is 0. The Hall–Kier alpha value is 0.320. The van der Waals surface area contributed by atoms with Gasteiger partial charge in [-0.15, -0.1) is 0 Å². The molecule has 0 spiro atoms. The molecule has 0 aliphatic heterocycles. The van der Waals surface area contributed by atoms with Gasteiger partial charge in [0.2, 0.25) is 0 Å². The molecular weight excluding hydrogens is 268 g/mol. The highest BCUT2D eigenvalue weighted by Crippen LogP contribution is 1.47. The molecule has 0 rings (SSSR count). The molecule has 0 bridgehead atoms. The Bertz CT molecular complexity index is 34.4. The first-order valence-electron chi connectivity index (χ1n) is 5.30. The van der Waals surface area contributed by atoms with E-state index in [1.54, 1.807) is 0 Å². The van der Waals surface area contributed by atoms with E-state index in [1.807, 2.05) is 73.9 Å². The van der Waals surface area contributed by atoms with Crippen LogP contribution in [0, 0.1) is 0 Å². The lowest BCUT2D eigenvalue weighted by Gasteiger charge is -1.90. The third-order valence-electron chi connectivity index (χ3n) is 0. The Balaban J connectivity index is -0.0000000193. The summed E-state index contributed by atoms with van der Waals surface area (Å²) in [5, 5.41) is 5.50. The van der Waals surface area contributed by atoms with Crippen molar-refractivity contribution in [2.24, 2.45) is 5.73 Å². The SMILES string of the molecule is CBr.CC.CN.CN(C)C.CNC.CNC. The summed E-state index contributed by atoms with van der Waals surface area (Å²) in [7, 11) is 15.0. The van der Waals surface area contributed by atoms with E-state index in [4.69, 9.17) is 0 Å². The highest BCUT2D eigenvalue weighted by Gasteiger charge is 1.58. The normalized spacial score (nSPS) is 5.62. The predicted molar refractivity (Wildman–Crippen MR) is 85.9 cm³/mol. The van der Waals surface area contributed by atoms with E-state index in [0.717, 1.165) is 0 Å². The van der Waals surface area contributed by atoms with Crippen LogP contribution in [0.15, 0.2) is 0 Å². The number of rotatable bonds is 0. The van der Waals surface area contributed by atoms with Gasteiger partial charge in [-0.25, -0.2) is 0 Å². The molecule has 5 heteroatoms. The molecular formula is C11H37BrN4. The fourth-order valence-corrected chi connectivity index (χ4v) is 0. The summed E-state index contributed by atoms with van der Waals surface area (Å²) in [6, 6.07) is 0. The molecule has 0 aromatic carbocycles. The first-order chi connectivity index (χ1) is 7.56. The molecule has 108 valence electrons. The van der Waals surface area contributed by atoms with Crippen LogP contribution >= 0.6 is 15.9 Å². The van der Waals surface area contributed by atoms with Crippen LogP contribution in [0.4, 0.5) is 0 Å². The third-order valence-corrected chi connectivity index (χ3v) is 0. The number of nitrogens with zero attached hydrogens (tertiary/aromatic N) is 1. The van der Waals surface area contributed by atoms with Crippen LogP contribution in [0.1, 0.15) is 13.8 Å². The van der Waals surface area contributed by atoms with Crippen LogP contribution < -0.4 is 16.4 Å². The van der Waals surface area contributed by atoms with Crippen LogP contribution in [-0.4, -0.2) is 67.1 Å². The fraction of sp³-hybridized carbons (Fsp3) is 1.00. The molecule has 4 N–H and O–H groups in total. The highest BCUT2D eigenvalue weighted by molar-refractivity contribution is 9.08. The lowest BCUT2D eigenvalue weighted by Crippen LogP contribution is -1.99. The molecule has 0 aliphatic rings. The standard InChI is InChI=1S/C3H9N.2C2H7N.C2H6.CH3Br.CH5N/c1-4(2)3;2*1-3-2;3*1-2/h1-3H3;2*3H,1-2H3;1-2H3;1H3;2H2,1H3. The van der Waals surface area contributed by atoms with Crippen LogP contribution in [-0.2, 0) is 0 Å². The van der Waals surface area contributed by atoms with Crippen molar-refractivity contribution in [1.82, 2.24) is 15.5 Å². The second-order valence-corrected chi connectivity index (χ2v) is 2.34. The van der Waals surface area contributed by atoms with Gasteiger partial charge in [0.25, 0.3) is 0 Å². The predicted octanol–water partition coefficient (Wildman–Crippen LogP) is 1.46. The maximum atomic E-state index is 4.50. The summed E-state index contributed by atoms with van der Waals surface area (Å²) in [6.07, 6.45) is 0. The first kappa shape index (κ1) is 36.0. The van der Waals surface area contributed by atoms with Crippen molar-refractivity contribution in [1.29, 1.82) is 0 Å². The van der Waals surface area contributed by atoms with Gasteiger partial charge < -0.3 is 21.3 Å². The van der Waals surface area contributed by atoms with Crippen molar-refractivity contribution in [3.8, 4) is 0 Å². The lowest BCUT2D eigenvalue weighted by atomic mass is 11.0. The third kappa shape index (κ3) is 24800. The van der Waals surface area contributed by atoms with Gasteiger partial charge in [0, 0.05) is 0 Å². The lowest BCUT2D eigenvalue weighted by molar-refractivity contribution is 0.505. The van der Waals surface area contributed by atoms with Crippen molar-refractivity contribution in [2.75, 3.05) is 62.2 Å². The van der Waals surface area contributed by atoms with Crippen LogP contribution in [0.5, 0.6) is 0 Å². The van der Waals surface area contributed by atoms with Crippen molar-refractivity contribution >= 4 is 15.9 Å². The summed E-state index contributed by atoms with van der Waals surface area (Å²) in [5.41, 5.74) is 4.50. The van der Waals surface area contributed by atoms with Gasteiger partial charge in [0.1, 0.15) is 0 Å². The Morgan fingerprint density at radius 2 is 0.750 bits per heavy atom. The minimum absolute atomic E-state index is 1.50. The van der Waals surface area contributed by atoms with Crippen LogP contribution in [0.2, 0.25) is 0 Å². The molecule has 16 heavy (non-hydrogen) atoms. The number of nitrogens with one attached hydrogen (secondary N) is 2. The van der Waals surface area contributed by atoms with Gasteiger partial charge in [-0.1, -0.05) is 29.8 Å². The largest absolute Gasteiger partial charge is 0.333 e. The number of alkyl halides is 1. The molecule has 0 amide bonds. The van der Waals surface area contributed by atoms with E-state index >= 15 is 0 Å². The summed E-state index contributed by atoms with van der Waals surface area (Å²) in [6.45, 7) is 4.00. The van der Waals surface area contributed by atoms with Crippen molar-refractivity contribution in [3.63, 3.8) is 0 Å². The topological polar surface area (TPSA) is 53.3 Å². The molecule has 4 nitrogen and oxygen atoms in total. The van der Waals surface area contributed by atoms with E-state index in [1.165, 1.54) is 7.05 Å². The van der Waals surface area contributed by atoms with Crippen LogP contribution in [0.25, 0.3) is 0 Å². The summed E-state index contributed by atoms with van der Waals surface area (Å²) < 4.78 is 0. The van der Waals surface area contributed by atoms with Gasteiger partial charge >= 0.3 is 0 Å². The molecule has 0 aromatic rings. The number of hydrogen-bond donors (Lipinski definition) is 3. The molecule has 0 aliphatic carbocycles. The van der Waals surface area contributed by atoms with Crippen LogP contribution in [0.3, 0.4) is 0 Å². The minimum Gasteiger partial charge on any atom is -0.333 e. The van der Waals surface area contributed by atoms with Gasteiger partial charge in [-0.2, -0.15) is 0 Å². The van der Waals surface area contributed by atoms with E-state index < -0.39 is 0 Å². The second-order valence-electron chi connectivity index (χ2n) is 2.34. The van der Waals surface area contributed by atoms with E-state index in [9.17, 15) is 0 Å². The first-order valence-corrected chi connectivity index (χ1v) is 6.88. The minimum atomic E-state index is 1.50. The maximum Gasteiger partial charge on any atom is -0.00848 e. The monoisotopic (exact) mass is 304 g/mol. The molecule has 0 saturated heterocycles. The highest BCUT2D eigenvalue weighted by atomic mass is 79.9. The Kier molecular flexibility index (Phi) is 250. The zero-order chi connectivity index (χ0) is 15.0. The zero-order valence-electron chi connectivity index (χ0n) is 13.4. The number of halogens is 1. The van der Waals surface area contributed by atoms with Gasteiger partial charge in [-0.3, -0.25) is 0 Å². The van der Waals surface area contributed by atoms with E-state index in [-0.39, 0.29) is 0 Å². The number of nitrogens with two attached hydrogens (primary N) is 1. The van der Waals surface area contributed by atoms with Gasteiger partial charge in [0.05, 0.1) is 0 Å². The van der Waals surface area contributed by atoms with E-state index in [2.05, 4.69) is 32.3 Å². The molecule has 0 atom stereocenters. The second kappa shape index (κ2) is 111. The number of hydrogen-bond acceptors (Lipinski definition) is 4. The van der Waals surface area contributed by atoms with Crippen molar-refractivity contribution in [3.05, 3.63) is 0 Å². The summed E-state index contributed by atoms with van der Waals surface area (Å²) in [5.74, 6) is 1.81. The Morgan fingerprint density at radius 3 is 0.750 bits per heavy atom. The maximum absolute atomic E-state index is 4.50. The smallest absolute Gasteiger partial charge is 0.00848 e. The molecule has 0 saturated carbocycles. The van der Waals surface area contributed by atoms with Gasteiger partial charge in [0.15, 0.2) is 0 Å². The summed E-state index contributed by atoms with van der Waals surface area (Å²) >= 11 is 2.94. The molecule has 0 heterocycles. The molecule has 0 aromatic heterocycles. The average molecular weight is 305 g/mol. The average Bonchev–Trinajstić information content (AvgIpc) is 2.27. The van der Waals surface area contributed by atoms with E-state index in [0.29, 0.717) is 0 Å². The molecule has 0 unspecified atom stereocenters. The van der Waals surface area contributed by atoms with Crippen molar-refractivity contribution < 1.29 is 0 Å².